The van der Waals surface area contributed by atoms with E-state index in [1.165, 1.54) is 18.2 Å². The summed E-state index contributed by atoms with van der Waals surface area (Å²) in [5.74, 6) is -3.08. The Balaban J connectivity index is 2.18. The third kappa shape index (κ3) is 5.41. The minimum atomic E-state index is -5.18. The van der Waals surface area contributed by atoms with Gasteiger partial charge in [0.2, 0.25) is 11.6 Å². The molecule has 0 saturated heterocycles. The SMILES string of the molecule is CCC(CC)N1C(=O)c2cccc(N=Nc3c(O)n(CC(F)(F)F)c(=O)n(CC(F)(F)F)c3=O)c2C1=O. The summed E-state index contributed by atoms with van der Waals surface area (Å²) >= 11 is 0. The monoisotopic (exact) mass is 535 g/mol. The number of aromatic hydroxyl groups is 1. The van der Waals surface area contributed by atoms with Gasteiger partial charge in [0.05, 0.1) is 16.8 Å². The topological polar surface area (TPSA) is 126 Å². The molecule has 0 aliphatic carbocycles. The fourth-order valence-electron chi connectivity index (χ4n) is 3.86. The van der Waals surface area contributed by atoms with Crippen molar-refractivity contribution in [3.05, 3.63) is 50.2 Å². The van der Waals surface area contributed by atoms with Crippen LogP contribution in [0, 0.1) is 0 Å². The standard InChI is InChI=1S/C21H19F6N5O5/c1-3-10(4-2)32-15(33)11-6-5-7-12(13(11)16(32)34)28-29-14-17(35)30(8-20(22,23)24)19(37)31(18(14)36)9-21(25,26)27/h5-7,10,35H,3-4,8-9H2,1-2H3. The molecule has 1 aliphatic heterocycles. The van der Waals surface area contributed by atoms with Crippen LogP contribution in [-0.4, -0.2) is 49.3 Å². The normalized spacial score (nSPS) is 14.4. The van der Waals surface area contributed by atoms with Crippen molar-refractivity contribution in [1.82, 2.24) is 14.0 Å². The van der Waals surface area contributed by atoms with E-state index in [1.54, 1.807) is 13.8 Å². The van der Waals surface area contributed by atoms with E-state index < -0.39 is 75.2 Å². The summed E-state index contributed by atoms with van der Waals surface area (Å²) in [5.41, 5.74) is -6.00. The molecule has 2 aromatic rings. The fraction of sp³-hybridized carbons (Fsp3) is 0.429. The second-order valence-electron chi connectivity index (χ2n) is 8.01. The molecule has 0 spiro atoms. The van der Waals surface area contributed by atoms with Crippen molar-refractivity contribution in [2.75, 3.05) is 0 Å². The maximum Gasteiger partial charge on any atom is 0.406 e. The number of aromatic nitrogens is 2. The van der Waals surface area contributed by atoms with Gasteiger partial charge in [-0.15, -0.1) is 10.2 Å². The number of rotatable bonds is 7. The molecule has 0 bridgehead atoms. The molecule has 0 fully saturated rings. The molecule has 200 valence electrons. The Bertz CT molecular complexity index is 1390. The van der Waals surface area contributed by atoms with Crippen LogP contribution in [0.3, 0.4) is 0 Å². The zero-order valence-electron chi connectivity index (χ0n) is 19.2. The van der Waals surface area contributed by atoms with Crippen LogP contribution in [0.2, 0.25) is 0 Å². The Labute approximate surface area is 203 Å². The second kappa shape index (κ2) is 9.82. The van der Waals surface area contributed by atoms with Crippen LogP contribution in [0.5, 0.6) is 5.88 Å². The third-order valence-electron chi connectivity index (χ3n) is 5.54. The number of carbonyl (C=O) groups is 2. The molecule has 10 nitrogen and oxygen atoms in total. The van der Waals surface area contributed by atoms with E-state index in [0.717, 1.165) is 4.90 Å². The van der Waals surface area contributed by atoms with Crippen molar-refractivity contribution in [1.29, 1.82) is 0 Å². The molecular formula is C21H19F6N5O5. The fourth-order valence-corrected chi connectivity index (χ4v) is 3.86. The van der Waals surface area contributed by atoms with E-state index >= 15 is 0 Å². The van der Waals surface area contributed by atoms with Crippen LogP contribution >= 0.6 is 0 Å². The van der Waals surface area contributed by atoms with E-state index in [9.17, 15) is 50.6 Å². The van der Waals surface area contributed by atoms with Crippen LogP contribution < -0.4 is 11.2 Å². The number of alkyl halides is 6. The van der Waals surface area contributed by atoms with Gasteiger partial charge in [-0.05, 0) is 25.0 Å². The first-order valence-corrected chi connectivity index (χ1v) is 10.7. The average molecular weight is 535 g/mol. The van der Waals surface area contributed by atoms with Gasteiger partial charge in [-0.25, -0.2) is 9.36 Å². The lowest BCUT2D eigenvalue weighted by molar-refractivity contribution is -0.145. The molecule has 0 radical (unpaired) electrons. The summed E-state index contributed by atoms with van der Waals surface area (Å²) in [6, 6.07) is 3.32. The number of amides is 2. The largest absolute Gasteiger partial charge is 0.493 e. The van der Waals surface area contributed by atoms with Crippen LogP contribution in [0.4, 0.5) is 37.7 Å². The van der Waals surface area contributed by atoms with Crippen molar-refractivity contribution in [2.45, 2.75) is 58.2 Å². The lowest BCUT2D eigenvalue weighted by atomic mass is 10.1. The predicted molar refractivity (Wildman–Crippen MR) is 114 cm³/mol. The minimum Gasteiger partial charge on any atom is -0.493 e. The second-order valence-corrected chi connectivity index (χ2v) is 8.01. The van der Waals surface area contributed by atoms with Crippen molar-refractivity contribution >= 4 is 23.2 Å². The van der Waals surface area contributed by atoms with Crippen molar-refractivity contribution in [2.24, 2.45) is 10.2 Å². The Kier molecular flexibility index (Phi) is 7.32. The summed E-state index contributed by atoms with van der Waals surface area (Å²) in [6.45, 7) is -0.980. The Morgan fingerprint density at radius 2 is 1.43 bits per heavy atom. The number of halogens is 6. The quantitative estimate of drug-likeness (QED) is 0.325. The molecule has 2 amide bonds. The lowest BCUT2D eigenvalue weighted by Gasteiger charge is -2.23. The molecule has 3 rings (SSSR count). The van der Waals surface area contributed by atoms with Crippen LogP contribution in [0.1, 0.15) is 47.4 Å². The number of azo groups is 1. The molecule has 2 heterocycles. The van der Waals surface area contributed by atoms with E-state index in [-0.39, 0.29) is 16.8 Å². The maximum absolute atomic E-state index is 13.0. The van der Waals surface area contributed by atoms with Gasteiger partial charge in [0, 0.05) is 6.04 Å². The highest BCUT2D eigenvalue weighted by Crippen LogP contribution is 2.35. The first kappa shape index (κ1) is 27.6. The third-order valence-corrected chi connectivity index (χ3v) is 5.54. The minimum absolute atomic E-state index is 0.0749. The van der Waals surface area contributed by atoms with E-state index in [4.69, 9.17) is 0 Å². The maximum atomic E-state index is 13.0. The molecule has 0 saturated carbocycles. The highest BCUT2D eigenvalue weighted by atomic mass is 19.4. The van der Waals surface area contributed by atoms with Crippen molar-refractivity contribution in [3.8, 4) is 5.88 Å². The van der Waals surface area contributed by atoms with Gasteiger partial charge in [-0.1, -0.05) is 19.9 Å². The highest BCUT2D eigenvalue weighted by Gasteiger charge is 2.41. The smallest absolute Gasteiger partial charge is 0.406 e. The number of nitrogens with zero attached hydrogens (tertiary/aromatic N) is 5. The number of fused-ring (bicyclic) bond motifs is 1. The van der Waals surface area contributed by atoms with Gasteiger partial charge in [0.1, 0.15) is 13.1 Å². The number of benzene rings is 1. The molecular weight excluding hydrogens is 516 g/mol. The zero-order valence-corrected chi connectivity index (χ0v) is 19.2. The zero-order chi connectivity index (χ0) is 27.9. The summed E-state index contributed by atoms with van der Waals surface area (Å²) in [4.78, 5) is 51.5. The molecule has 1 N–H and O–H groups in total. The van der Waals surface area contributed by atoms with Gasteiger partial charge in [-0.2, -0.15) is 26.3 Å². The van der Waals surface area contributed by atoms with Crippen LogP contribution in [-0.2, 0) is 13.1 Å². The van der Waals surface area contributed by atoms with Crippen molar-refractivity contribution in [3.63, 3.8) is 0 Å². The number of imide groups is 1. The number of hydrogen-bond donors (Lipinski definition) is 1. The van der Waals surface area contributed by atoms with Gasteiger partial charge < -0.3 is 5.11 Å². The predicted octanol–water partition coefficient (Wildman–Crippen LogP) is 4.04. The van der Waals surface area contributed by atoms with E-state index in [2.05, 4.69) is 10.2 Å². The number of hydrogen-bond acceptors (Lipinski definition) is 7. The Morgan fingerprint density at radius 3 is 1.97 bits per heavy atom. The average Bonchev–Trinajstić information content (AvgIpc) is 3.05. The van der Waals surface area contributed by atoms with Gasteiger partial charge in [-0.3, -0.25) is 23.9 Å². The molecule has 0 unspecified atom stereocenters. The van der Waals surface area contributed by atoms with Crippen LogP contribution in [0.15, 0.2) is 38.0 Å². The van der Waals surface area contributed by atoms with E-state index in [0.29, 0.717) is 12.8 Å². The summed E-state index contributed by atoms with van der Waals surface area (Å²) in [6.07, 6.45) is -9.48. The molecule has 1 aromatic carbocycles. The highest BCUT2D eigenvalue weighted by molar-refractivity contribution is 6.23. The van der Waals surface area contributed by atoms with Gasteiger partial charge in [0.15, 0.2) is 0 Å². The summed E-state index contributed by atoms with van der Waals surface area (Å²) < 4.78 is 76.5. The first-order valence-electron chi connectivity index (χ1n) is 10.7. The Morgan fingerprint density at radius 1 is 0.865 bits per heavy atom. The lowest BCUT2D eigenvalue weighted by Crippen LogP contribution is -2.44. The van der Waals surface area contributed by atoms with Gasteiger partial charge in [0.25, 0.3) is 17.4 Å². The van der Waals surface area contributed by atoms with Gasteiger partial charge >= 0.3 is 18.0 Å². The van der Waals surface area contributed by atoms with E-state index in [1.807, 2.05) is 0 Å². The summed E-state index contributed by atoms with van der Waals surface area (Å²) in [7, 11) is 0. The molecule has 1 aromatic heterocycles. The summed E-state index contributed by atoms with van der Waals surface area (Å²) in [5, 5.41) is 17.1. The first-order chi connectivity index (χ1) is 17.1. The van der Waals surface area contributed by atoms with Crippen molar-refractivity contribution < 1.29 is 41.0 Å². The molecule has 0 atom stereocenters. The number of carbonyl (C=O) groups excluding carboxylic acids is 2. The Hall–Kier alpha value is -3.98. The molecule has 1 aliphatic rings. The molecule has 16 heteroatoms. The van der Waals surface area contributed by atoms with Crippen LogP contribution in [0.25, 0.3) is 0 Å². The molecule has 37 heavy (non-hydrogen) atoms.